The lowest BCUT2D eigenvalue weighted by atomic mass is 9.86. The SMILES string of the molecule is CC1OC(C2=C(c3ccc(O)c(O)c3)OOc3cc(OOC4OC(C)C(O)C(OC5OC(CO)C(O)C(O)C5O)C4O)cc(O)c3C2=O)C(O)C(O)C1O. The summed E-state index contributed by atoms with van der Waals surface area (Å²) in [6, 6.07) is 5.14. The molecule has 54 heavy (non-hydrogen) atoms. The third kappa shape index (κ3) is 7.27. The molecule has 3 fully saturated rings. The maximum atomic E-state index is 14.2. The Morgan fingerprint density at radius 1 is 0.667 bits per heavy atom. The van der Waals surface area contributed by atoms with Crippen LogP contribution in [-0.4, -0.2) is 166 Å². The Kier molecular flexibility index (Phi) is 11.5. The van der Waals surface area contributed by atoms with Crippen molar-refractivity contribution in [1.82, 2.24) is 0 Å². The minimum absolute atomic E-state index is 0.0925. The van der Waals surface area contributed by atoms with E-state index in [9.17, 15) is 66.1 Å². The number of carbonyl (C=O) groups is 1. The number of fused-ring (bicyclic) bond motifs is 1. The van der Waals surface area contributed by atoms with Gasteiger partial charge in [-0.05, 0) is 32.0 Å². The van der Waals surface area contributed by atoms with Crippen LogP contribution in [0.4, 0.5) is 0 Å². The van der Waals surface area contributed by atoms with Crippen molar-refractivity contribution in [2.24, 2.45) is 0 Å². The second-order valence-electron chi connectivity index (χ2n) is 13.2. The summed E-state index contributed by atoms with van der Waals surface area (Å²) in [5, 5.41) is 125. The molecule has 0 amide bonds. The Labute approximate surface area is 304 Å². The Morgan fingerprint density at radius 3 is 2.04 bits per heavy atom. The molecule has 15 unspecified atom stereocenters. The van der Waals surface area contributed by atoms with Gasteiger partial charge in [0.15, 0.2) is 35.0 Å². The Morgan fingerprint density at radius 2 is 1.35 bits per heavy atom. The first kappa shape index (κ1) is 39.8. The summed E-state index contributed by atoms with van der Waals surface area (Å²) in [6.45, 7) is 1.96. The van der Waals surface area contributed by atoms with Crippen molar-refractivity contribution in [1.29, 1.82) is 0 Å². The van der Waals surface area contributed by atoms with Gasteiger partial charge in [-0.15, -0.1) is 0 Å². The second kappa shape index (κ2) is 15.7. The molecule has 21 nitrogen and oxygen atoms in total. The molecule has 3 saturated heterocycles. The number of ketones is 1. The van der Waals surface area contributed by atoms with Crippen LogP contribution in [0.5, 0.6) is 28.7 Å². The van der Waals surface area contributed by atoms with E-state index in [1.807, 2.05) is 0 Å². The molecule has 6 rings (SSSR count). The van der Waals surface area contributed by atoms with Crippen molar-refractivity contribution in [3.63, 3.8) is 0 Å². The van der Waals surface area contributed by atoms with E-state index in [1.54, 1.807) is 0 Å². The summed E-state index contributed by atoms with van der Waals surface area (Å²) >= 11 is 0. The molecule has 0 bridgehead atoms. The first-order chi connectivity index (χ1) is 25.5. The second-order valence-corrected chi connectivity index (χ2v) is 13.2. The summed E-state index contributed by atoms with van der Waals surface area (Å²) in [5.41, 5.74) is -1.19. The maximum Gasteiger partial charge on any atom is 0.232 e. The molecule has 0 aliphatic carbocycles. The highest BCUT2D eigenvalue weighted by Crippen LogP contribution is 2.44. The molecular formula is C33H40O21. The molecule has 4 heterocycles. The number of aromatic hydroxyl groups is 3. The highest BCUT2D eigenvalue weighted by atomic mass is 17.2. The number of ether oxygens (including phenoxy) is 4. The molecule has 0 spiro atoms. The number of carbonyl (C=O) groups excluding carboxylic acids is 1. The van der Waals surface area contributed by atoms with Gasteiger partial charge in [0.2, 0.25) is 12.1 Å². The molecule has 4 aliphatic heterocycles. The van der Waals surface area contributed by atoms with Crippen LogP contribution in [0, 0.1) is 0 Å². The third-order valence-corrected chi connectivity index (χ3v) is 9.52. The standard InChI is InChI=1S/C33H40O21/c1-9-20(38)24(42)26(44)30(47-9)19-23(41)18-15(37)6-12(7-16(18)52-53-29(19)11-3-4-13(35)14(36)5-11)51-54-33-28(46)31(21(39)10(2)48-33)50-32-27(45)25(43)22(40)17(8-34)49-32/h3-7,9-10,17,20-22,24-28,30-40,42-46H,8H2,1-2H3. The van der Waals surface area contributed by atoms with Gasteiger partial charge in [0.05, 0.1) is 24.4 Å². The summed E-state index contributed by atoms with van der Waals surface area (Å²) < 4.78 is 22.1. The van der Waals surface area contributed by atoms with Crippen molar-refractivity contribution in [3.05, 3.63) is 47.0 Å². The fraction of sp³-hybridized carbons (Fsp3) is 0.545. The number of hydrogen-bond donors (Lipinski definition) is 12. The largest absolute Gasteiger partial charge is 0.507 e. The molecule has 12 N–H and O–H groups in total. The zero-order valence-corrected chi connectivity index (χ0v) is 28.3. The Balaban J connectivity index is 1.25. The van der Waals surface area contributed by atoms with Crippen molar-refractivity contribution in [2.45, 2.75) is 106 Å². The summed E-state index contributed by atoms with van der Waals surface area (Å²) in [5.74, 6) is -4.45. The van der Waals surface area contributed by atoms with Crippen LogP contribution in [-0.2, 0) is 28.7 Å². The minimum atomic E-state index is -1.92. The van der Waals surface area contributed by atoms with E-state index in [0.717, 1.165) is 24.3 Å². The quantitative estimate of drug-likeness (QED) is 0.0705. The zero-order valence-electron chi connectivity index (χ0n) is 28.3. The van der Waals surface area contributed by atoms with Crippen molar-refractivity contribution >= 4 is 11.5 Å². The minimum Gasteiger partial charge on any atom is -0.507 e. The van der Waals surface area contributed by atoms with Gasteiger partial charge in [-0.2, -0.15) is 4.89 Å². The first-order valence-electron chi connectivity index (χ1n) is 16.6. The number of phenolic OH excluding ortho intramolecular Hbond substituents is 3. The number of benzene rings is 2. The molecule has 21 heteroatoms. The van der Waals surface area contributed by atoms with Crippen LogP contribution in [0.2, 0.25) is 0 Å². The van der Waals surface area contributed by atoms with Gasteiger partial charge >= 0.3 is 0 Å². The molecule has 0 aromatic heterocycles. The monoisotopic (exact) mass is 772 g/mol. The van der Waals surface area contributed by atoms with E-state index in [1.165, 1.54) is 19.9 Å². The molecule has 2 aromatic rings. The van der Waals surface area contributed by atoms with Gasteiger partial charge < -0.3 is 85.1 Å². The predicted octanol–water partition coefficient (Wildman–Crippen LogP) is -3.45. The topological polar surface area (TPSA) is 334 Å². The number of phenols is 3. The molecule has 0 saturated carbocycles. The van der Waals surface area contributed by atoms with Crippen LogP contribution in [0.25, 0.3) is 5.76 Å². The van der Waals surface area contributed by atoms with Crippen molar-refractivity contribution < 1.29 is 105 Å². The molecule has 2 aromatic carbocycles. The number of Topliss-reactive ketones (excluding diaryl/α,β-unsaturated/α-hetero) is 1. The zero-order chi connectivity index (χ0) is 39.3. The van der Waals surface area contributed by atoms with E-state index >= 15 is 0 Å². The maximum absolute atomic E-state index is 14.2. The Hall–Kier alpha value is -3.91. The van der Waals surface area contributed by atoms with Crippen LogP contribution in [0.1, 0.15) is 29.8 Å². The summed E-state index contributed by atoms with van der Waals surface area (Å²) in [7, 11) is 0. The summed E-state index contributed by atoms with van der Waals surface area (Å²) in [6.07, 6.45) is -24.6. The van der Waals surface area contributed by atoms with Gasteiger partial charge in [-0.3, -0.25) is 14.6 Å². The van der Waals surface area contributed by atoms with Crippen LogP contribution >= 0.6 is 0 Å². The van der Waals surface area contributed by atoms with Crippen LogP contribution in [0.15, 0.2) is 35.9 Å². The lowest BCUT2D eigenvalue weighted by Crippen LogP contribution is -2.64. The van der Waals surface area contributed by atoms with E-state index in [-0.39, 0.29) is 5.56 Å². The lowest BCUT2D eigenvalue weighted by molar-refractivity contribution is -0.401. The fourth-order valence-corrected chi connectivity index (χ4v) is 6.38. The van der Waals surface area contributed by atoms with E-state index in [0.29, 0.717) is 0 Å². The number of aliphatic hydroxyl groups is 9. The van der Waals surface area contributed by atoms with E-state index < -0.39 is 150 Å². The van der Waals surface area contributed by atoms with Gasteiger partial charge in [0.25, 0.3) is 0 Å². The molecule has 15 atom stereocenters. The Bertz CT molecular complexity index is 1720. The van der Waals surface area contributed by atoms with Gasteiger partial charge in [-0.25, -0.2) is 0 Å². The summed E-state index contributed by atoms with van der Waals surface area (Å²) in [4.78, 5) is 35.6. The first-order valence-corrected chi connectivity index (χ1v) is 16.6. The van der Waals surface area contributed by atoms with Gasteiger partial charge in [-0.1, -0.05) is 0 Å². The van der Waals surface area contributed by atoms with Gasteiger partial charge in [0.1, 0.15) is 78.5 Å². The van der Waals surface area contributed by atoms with Crippen molar-refractivity contribution in [3.8, 4) is 28.7 Å². The predicted molar refractivity (Wildman–Crippen MR) is 170 cm³/mol. The van der Waals surface area contributed by atoms with E-state index in [4.69, 9.17) is 38.5 Å². The fourth-order valence-electron chi connectivity index (χ4n) is 6.38. The van der Waals surface area contributed by atoms with Crippen LogP contribution in [0.3, 0.4) is 0 Å². The van der Waals surface area contributed by atoms with Crippen molar-refractivity contribution in [2.75, 3.05) is 6.61 Å². The van der Waals surface area contributed by atoms with Crippen LogP contribution < -0.4 is 9.78 Å². The van der Waals surface area contributed by atoms with E-state index in [2.05, 4.69) is 0 Å². The highest BCUT2D eigenvalue weighted by molar-refractivity contribution is 6.16. The number of rotatable bonds is 8. The molecule has 0 radical (unpaired) electrons. The smallest absolute Gasteiger partial charge is 0.232 e. The average molecular weight is 773 g/mol. The average Bonchev–Trinajstić information content (AvgIpc) is 3.28. The van der Waals surface area contributed by atoms with Gasteiger partial charge in [0, 0.05) is 17.7 Å². The molecule has 298 valence electrons. The number of aliphatic hydroxyl groups excluding tert-OH is 9. The third-order valence-electron chi connectivity index (χ3n) is 9.52. The molecular weight excluding hydrogens is 732 g/mol. The number of hydrogen-bond acceptors (Lipinski definition) is 21. The molecule has 4 aliphatic rings. The normalized spacial score (nSPS) is 38.6. The lowest BCUT2D eigenvalue weighted by Gasteiger charge is -2.45. The highest BCUT2D eigenvalue weighted by Gasteiger charge is 2.51.